The molecule has 0 aliphatic rings. The summed E-state index contributed by atoms with van der Waals surface area (Å²) in [4.78, 5) is 22.3. The van der Waals surface area contributed by atoms with E-state index in [4.69, 9.17) is 17.3 Å². The number of nitrogens with zero attached hydrogens (tertiary/aromatic N) is 4. The number of para-hydroxylation sites is 2. The van der Waals surface area contributed by atoms with Gasteiger partial charge in [-0.1, -0.05) is 42.8 Å². The van der Waals surface area contributed by atoms with Crippen molar-refractivity contribution in [3.8, 4) is 0 Å². The molecule has 152 valence electrons. The van der Waals surface area contributed by atoms with Gasteiger partial charge in [0.2, 0.25) is 0 Å². The maximum atomic E-state index is 13.0. The molecule has 3 N–H and O–H groups in total. The smallest absolute Gasteiger partial charge is 0.257 e. The van der Waals surface area contributed by atoms with E-state index in [0.717, 1.165) is 12.0 Å². The monoisotopic (exact) mass is 420 g/mol. The van der Waals surface area contributed by atoms with Crippen LogP contribution in [0.25, 0.3) is 22.2 Å². The van der Waals surface area contributed by atoms with Crippen molar-refractivity contribution in [3.05, 3.63) is 64.7 Å². The largest absolute Gasteiger partial charge is 0.383 e. The molecule has 30 heavy (non-hydrogen) atoms. The van der Waals surface area contributed by atoms with Gasteiger partial charge in [0.1, 0.15) is 16.9 Å². The van der Waals surface area contributed by atoms with E-state index in [1.807, 2.05) is 50.2 Å². The number of carbonyl (C=O) groups excluding carboxylic acids is 1. The molecule has 0 saturated carbocycles. The van der Waals surface area contributed by atoms with Gasteiger partial charge >= 0.3 is 0 Å². The Morgan fingerprint density at radius 2 is 1.97 bits per heavy atom. The van der Waals surface area contributed by atoms with Crippen LogP contribution in [0.5, 0.6) is 0 Å². The molecule has 0 fully saturated rings. The minimum atomic E-state index is -0.298. The Morgan fingerprint density at radius 3 is 2.67 bits per heavy atom. The van der Waals surface area contributed by atoms with Crippen LogP contribution in [0.2, 0.25) is 5.02 Å². The summed E-state index contributed by atoms with van der Waals surface area (Å²) in [6.45, 7) is 3.94. The highest BCUT2D eigenvalue weighted by Gasteiger charge is 2.24. The molecule has 1 amide bonds. The lowest BCUT2D eigenvalue weighted by Crippen LogP contribution is -2.32. The Hall–Kier alpha value is -3.45. The van der Waals surface area contributed by atoms with E-state index in [9.17, 15) is 4.79 Å². The Kier molecular flexibility index (Phi) is 5.37. The van der Waals surface area contributed by atoms with Gasteiger partial charge < -0.3 is 11.1 Å². The fourth-order valence-electron chi connectivity index (χ4n) is 3.10. The van der Waals surface area contributed by atoms with E-state index in [1.165, 1.54) is 4.68 Å². The molecule has 0 spiro atoms. The molecule has 7 nitrogen and oxygen atoms in total. The highest BCUT2D eigenvalue weighted by molar-refractivity contribution is 6.30. The van der Waals surface area contributed by atoms with E-state index in [1.54, 1.807) is 18.3 Å². The molecule has 0 aliphatic heterocycles. The second-order valence-corrected chi connectivity index (χ2v) is 7.48. The Bertz CT molecular complexity index is 1280. The standard InChI is InChI=1S/C22H21ClN6O/c1-3-13(2)26-22(30)18-19-21(28-17-10-5-4-9-16(17)27-19)29(20(18)24)25-12-14-7-6-8-15(23)11-14/h4-13H,3,24H2,1-2H3,(H,26,30)/b25-12-/t13-/m0/s1. The minimum Gasteiger partial charge on any atom is -0.383 e. The number of benzene rings is 2. The van der Waals surface area contributed by atoms with Crippen LogP contribution in [0.1, 0.15) is 36.2 Å². The molecule has 0 bridgehead atoms. The van der Waals surface area contributed by atoms with Crippen molar-refractivity contribution in [3.63, 3.8) is 0 Å². The van der Waals surface area contributed by atoms with Crippen molar-refractivity contribution < 1.29 is 4.79 Å². The van der Waals surface area contributed by atoms with E-state index in [-0.39, 0.29) is 23.3 Å². The van der Waals surface area contributed by atoms with Gasteiger partial charge in [-0.25, -0.2) is 9.97 Å². The molecule has 2 aromatic heterocycles. The number of nitrogens with one attached hydrogen (secondary N) is 1. The van der Waals surface area contributed by atoms with Crippen molar-refractivity contribution in [1.82, 2.24) is 20.0 Å². The van der Waals surface area contributed by atoms with Crippen LogP contribution in [-0.4, -0.2) is 32.8 Å². The molecule has 2 heterocycles. The first-order valence-corrected chi connectivity index (χ1v) is 10.0. The van der Waals surface area contributed by atoms with Crippen LogP contribution in [0.3, 0.4) is 0 Å². The number of carbonyl (C=O) groups is 1. The number of fused-ring (bicyclic) bond motifs is 2. The predicted octanol–water partition coefficient (Wildman–Crippen LogP) is 4.23. The minimum absolute atomic E-state index is 0.00122. The maximum Gasteiger partial charge on any atom is 0.257 e. The fraction of sp³-hybridized carbons (Fsp3) is 0.182. The average Bonchev–Trinajstić information content (AvgIpc) is 3.00. The zero-order chi connectivity index (χ0) is 21.3. The third-order valence-electron chi connectivity index (χ3n) is 4.86. The lowest BCUT2D eigenvalue weighted by Gasteiger charge is -2.11. The number of amides is 1. The summed E-state index contributed by atoms with van der Waals surface area (Å²) >= 11 is 6.06. The van der Waals surface area contributed by atoms with Gasteiger partial charge in [0.15, 0.2) is 5.65 Å². The lowest BCUT2D eigenvalue weighted by molar-refractivity contribution is 0.0941. The number of anilines is 1. The zero-order valence-corrected chi connectivity index (χ0v) is 17.4. The first-order chi connectivity index (χ1) is 14.5. The molecule has 1 atom stereocenters. The van der Waals surface area contributed by atoms with Crippen LogP contribution < -0.4 is 11.1 Å². The topological polar surface area (TPSA) is 98.2 Å². The van der Waals surface area contributed by atoms with E-state index in [0.29, 0.717) is 27.2 Å². The molecular formula is C22H21ClN6O. The van der Waals surface area contributed by atoms with Gasteiger partial charge in [0.05, 0.1) is 17.2 Å². The number of nitrogens with two attached hydrogens (primary N) is 1. The van der Waals surface area contributed by atoms with Gasteiger partial charge in [-0.2, -0.15) is 9.78 Å². The molecule has 0 radical (unpaired) electrons. The summed E-state index contributed by atoms with van der Waals surface area (Å²) < 4.78 is 1.45. The number of nitrogen functional groups attached to an aromatic ring is 1. The van der Waals surface area contributed by atoms with E-state index in [2.05, 4.69) is 20.4 Å². The number of hydrogen-bond acceptors (Lipinski definition) is 5. The molecule has 0 aliphatic carbocycles. The second kappa shape index (κ2) is 8.12. The summed E-state index contributed by atoms with van der Waals surface area (Å²) in [5.74, 6) is -0.118. The van der Waals surface area contributed by atoms with Gasteiger partial charge in [0.25, 0.3) is 5.91 Å². The van der Waals surface area contributed by atoms with Crippen molar-refractivity contribution >= 4 is 51.7 Å². The predicted molar refractivity (Wildman–Crippen MR) is 121 cm³/mol. The Balaban J connectivity index is 1.91. The van der Waals surface area contributed by atoms with E-state index >= 15 is 0 Å². The number of aromatic nitrogens is 3. The number of rotatable bonds is 5. The SMILES string of the molecule is CC[C@H](C)NC(=O)c1c(N)n(/N=C\c2cccc(Cl)c2)c2nc3ccccc3nc12. The third kappa shape index (κ3) is 3.71. The number of halogens is 1. The molecule has 8 heteroatoms. The Morgan fingerprint density at radius 1 is 1.23 bits per heavy atom. The lowest BCUT2D eigenvalue weighted by atomic mass is 10.2. The van der Waals surface area contributed by atoms with E-state index < -0.39 is 0 Å². The van der Waals surface area contributed by atoms with Gasteiger partial charge in [-0.15, -0.1) is 0 Å². The average molecular weight is 421 g/mol. The first-order valence-electron chi connectivity index (χ1n) is 9.65. The highest BCUT2D eigenvalue weighted by Crippen LogP contribution is 2.28. The van der Waals surface area contributed by atoms with Crippen LogP contribution in [0, 0.1) is 0 Å². The summed E-state index contributed by atoms with van der Waals surface area (Å²) in [5.41, 5.74) is 9.64. The molecule has 0 saturated heterocycles. The molecule has 2 aromatic carbocycles. The quantitative estimate of drug-likeness (QED) is 0.472. The first kappa shape index (κ1) is 19.8. The van der Waals surface area contributed by atoms with Gasteiger partial charge in [-0.3, -0.25) is 4.79 Å². The van der Waals surface area contributed by atoms with Crippen molar-refractivity contribution in [1.29, 1.82) is 0 Å². The molecule has 4 rings (SSSR count). The highest BCUT2D eigenvalue weighted by atomic mass is 35.5. The van der Waals surface area contributed by atoms with Crippen molar-refractivity contribution in [2.45, 2.75) is 26.3 Å². The summed E-state index contributed by atoms with van der Waals surface area (Å²) in [6, 6.07) is 14.7. The molecular weight excluding hydrogens is 400 g/mol. The van der Waals surface area contributed by atoms with Crippen LogP contribution in [-0.2, 0) is 0 Å². The van der Waals surface area contributed by atoms with Crippen LogP contribution in [0.4, 0.5) is 5.82 Å². The van der Waals surface area contributed by atoms with Crippen molar-refractivity contribution in [2.24, 2.45) is 5.10 Å². The Labute approximate surface area is 178 Å². The fourth-order valence-corrected chi connectivity index (χ4v) is 3.30. The van der Waals surface area contributed by atoms with Crippen molar-refractivity contribution in [2.75, 3.05) is 5.73 Å². The summed E-state index contributed by atoms with van der Waals surface area (Å²) in [6.07, 6.45) is 2.42. The maximum absolute atomic E-state index is 13.0. The molecule has 0 unspecified atom stereocenters. The third-order valence-corrected chi connectivity index (χ3v) is 5.10. The summed E-state index contributed by atoms with van der Waals surface area (Å²) in [5, 5.41) is 8.03. The van der Waals surface area contributed by atoms with Gasteiger partial charge in [-0.05, 0) is 43.2 Å². The second-order valence-electron chi connectivity index (χ2n) is 7.04. The number of hydrogen-bond donors (Lipinski definition) is 2. The normalized spacial score (nSPS) is 12.6. The van der Waals surface area contributed by atoms with Crippen LogP contribution in [0.15, 0.2) is 53.6 Å². The van der Waals surface area contributed by atoms with Gasteiger partial charge in [0, 0.05) is 11.1 Å². The summed E-state index contributed by atoms with van der Waals surface area (Å²) in [7, 11) is 0. The van der Waals surface area contributed by atoms with Crippen LogP contribution >= 0.6 is 11.6 Å². The zero-order valence-electron chi connectivity index (χ0n) is 16.6. The molecule has 4 aromatic rings.